The molecule has 3 N–H and O–H groups in total. The van der Waals surface area contributed by atoms with Crippen LogP contribution in [0.15, 0.2) is 6.33 Å². The van der Waals surface area contributed by atoms with Gasteiger partial charge in [-0.3, -0.25) is 0 Å². The van der Waals surface area contributed by atoms with Crippen LogP contribution < -0.4 is 11.1 Å². The molecule has 0 atom stereocenters. The molecule has 0 bridgehead atoms. The van der Waals surface area contributed by atoms with E-state index in [1.54, 1.807) is 6.33 Å². The summed E-state index contributed by atoms with van der Waals surface area (Å²) in [6, 6.07) is 0. The van der Waals surface area contributed by atoms with Crippen LogP contribution in [0.1, 0.15) is 30.5 Å². The molecule has 0 amide bonds. The van der Waals surface area contributed by atoms with Crippen LogP contribution in [0.4, 0.5) is 5.82 Å². The van der Waals surface area contributed by atoms with Gasteiger partial charge in [-0.2, -0.15) is 0 Å². The Balaban J connectivity index is 1.91. The summed E-state index contributed by atoms with van der Waals surface area (Å²) < 4.78 is 5.34. The highest BCUT2D eigenvalue weighted by molar-refractivity contribution is 5.46. The molecule has 5 nitrogen and oxygen atoms in total. The second kappa shape index (κ2) is 7.28. The second-order valence-electron chi connectivity index (χ2n) is 4.54. The molecule has 1 aliphatic rings. The molecule has 0 radical (unpaired) electrons. The monoisotopic (exact) mass is 250 g/mol. The number of aromatic nitrogens is 2. The fourth-order valence-electron chi connectivity index (χ4n) is 2.28. The minimum atomic E-state index is 0.572. The van der Waals surface area contributed by atoms with Crippen molar-refractivity contribution in [1.82, 2.24) is 9.97 Å². The van der Waals surface area contributed by atoms with E-state index in [9.17, 15) is 0 Å². The van der Waals surface area contributed by atoms with Crippen molar-refractivity contribution in [1.29, 1.82) is 0 Å². The van der Waals surface area contributed by atoms with Crippen LogP contribution in [-0.4, -0.2) is 36.3 Å². The topological polar surface area (TPSA) is 73.1 Å². The number of aryl methyl sites for hydroxylation is 1. The number of anilines is 1. The third kappa shape index (κ3) is 3.65. The average Bonchev–Trinajstić information content (AvgIpc) is 2.64. The van der Waals surface area contributed by atoms with E-state index in [0.29, 0.717) is 19.8 Å². The molecule has 0 saturated heterocycles. The summed E-state index contributed by atoms with van der Waals surface area (Å²) in [5, 5.41) is 3.34. The number of ether oxygens (including phenoxy) is 1. The van der Waals surface area contributed by atoms with Crippen molar-refractivity contribution in [3.63, 3.8) is 0 Å². The van der Waals surface area contributed by atoms with Gasteiger partial charge in [0.1, 0.15) is 12.1 Å². The van der Waals surface area contributed by atoms with E-state index >= 15 is 0 Å². The fourth-order valence-corrected chi connectivity index (χ4v) is 2.28. The van der Waals surface area contributed by atoms with E-state index in [0.717, 1.165) is 25.2 Å². The first kappa shape index (κ1) is 13.2. The molecule has 1 heterocycles. The summed E-state index contributed by atoms with van der Waals surface area (Å²) in [6.07, 6.45) is 7.59. The van der Waals surface area contributed by atoms with Gasteiger partial charge in [-0.15, -0.1) is 0 Å². The number of hydrogen-bond acceptors (Lipinski definition) is 5. The molecular weight excluding hydrogens is 228 g/mol. The van der Waals surface area contributed by atoms with E-state index in [2.05, 4.69) is 15.3 Å². The Bertz CT molecular complexity index is 370. The highest BCUT2D eigenvalue weighted by Crippen LogP contribution is 2.23. The van der Waals surface area contributed by atoms with Gasteiger partial charge < -0.3 is 15.8 Å². The molecule has 0 spiro atoms. The first-order valence-electron chi connectivity index (χ1n) is 6.76. The third-order valence-corrected chi connectivity index (χ3v) is 3.18. The lowest BCUT2D eigenvalue weighted by molar-refractivity contribution is 0.151. The SMILES string of the molecule is NCCOCCNc1ncnc2c1CCCCC2. The van der Waals surface area contributed by atoms with Crippen molar-refractivity contribution in [2.75, 3.05) is 31.6 Å². The third-order valence-electron chi connectivity index (χ3n) is 3.18. The maximum Gasteiger partial charge on any atom is 0.132 e. The molecule has 1 aromatic heterocycles. The summed E-state index contributed by atoms with van der Waals surface area (Å²) in [5.74, 6) is 0.984. The molecule has 2 rings (SSSR count). The van der Waals surface area contributed by atoms with Gasteiger partial charge >= 0.3 is 0 Å². The van der Waals surface area contributed by atoms with Gasteiger partial charge in [0.2, 0.25) is 0 Å². The van der Waals surface area contributed by atoms with Crippen molar-refractivity contribution in [3.05, 3.63) is 17.6 Å². The number of rotatable bonds is 6. The number of nitrogens with one attached hydrogen (secondary N) is 1. The fraction of sp³-hybridized carbons (Fsp3) is 0.692. The van der Waals surface area contributed by atoms with Crippen molar-refractivity contribution in [3.8, 4) is 0 Å². The Hall–Kier alpha value is -1.20. The van der Waals surface area contributed by atoms with Crippen LogP contribution in [0, 0.1) is 0 Å². The Morgan fingerprint density at radius 3 is 2.94 bits per heavy atom. The van der Waals surface area contributed by atoms with E-state index < -0.39 is 0 Å². The molecule has 5 heteroatoms. The number of nitrogens with zero attached hydrogens (tertiary/aromatic N) is 2. The lowest BCUT2D eigenvalue weighted by Crippen LogP contribution is -2.16. The van der Waals surface area contributed by atoms with Gasteiger partial charge in [-0.25, -0.2) is 9.97 Å². The summed E-state index contributed by atoms with van der Waals surface area (Å²) in [6.45, 7) is 2.62. The lowest BCUT2D eigenvalue weighted by atomic mass is 10.1. The largest absolute Gasteiger partial charge is 0.378 e. The summed E-state index contributed by atoms with van der Waals surface area (Å²) in [4.78, 5) is 8.75. The zero-order chi connectivity index (χ0) is 12.6. The molecule has 0 aromatic carbocycles. The van der Waals surface area contributed by atoms with Crippen LogP contribution in [0.2, 0.25) is 0 Å². The molecule has 0 unspecified atom stereocenters. The van der Waals surface area contributed by atoms with Crippen molar-refractivity contribution < 1.29 is 4.74 Å². The quantitative estimate of drug-likeness (QED) is 0.585. The Kier molecular flexibility index (Phi) is 5.36. The van der Waals surface area contributed by atoms with Crippen molar-refractivity contribution in [2.45, 2.75) is 32.1 Å². The zero-order valence-corrected chi connectivity index (χ0v) is 10.8. The van der Waals surface area contributed by atoms with Crippen molar-refractivity contribution in [2.24, 2.45) is 5.73 Å². The van der Waals surface area contributed by atoms with Gasteiger partial charge in [0.05, 0.1) is 13.2 Å². The van der Waals surface area contributed by atoms with Crippen molar-refractivity contribution >= 4 is 5.82 Å². The Labute approximate surface area is 108 Å². The number of nitrogens with two attached hydrogens (primary N) is 1. The van der Waals surface area contributed by atoms with E-state index in [1.807, 2.05) is 0 Å². The number of fused-ring (bicyclic) bond motifs is 1. The standard InChI is InChI=1S/C13H22N4O/c14-6-8-18-9-7-15-13-11-4-2-1-3-5-12(11)16-10-17-13/h10H,1-9,14H2,(H,15,16,17). The van der Waals surface area contributed by atoms with Crippen LogP contribution >= 0.6 is 0 Å². The molecule has 1 aromatic rings. The van der Waals surface area contributed by atoms with E-state index in [-0.39, 0.29) is 0 Å². The van der Waals surface area contributed by atoms with Crippen LogP contribution in [0.3, 0.4) is 0 Å². The van der Waals surface area contributed by atoms with Gasteiger partial charge in [0.25, 0.3) is 0 Å². The van der Waals surface area contributed by atoms with Crippen LogP contribution in [0.5, 0.6) is 0 Å². The minimum absolute atomic E-state index is 0.572. The molecule has 18 heavy (non-hydrogen) atoms. The molecule has 0 fully saturated rings. The van der Waals surface area contributed by atoms with Crippen LogP contribution in [0.25, 0.3) is 0 Å². The lowest BCUT2D eigenvalue weighted by Gasteiger charge is -2.12. The van der Waals surface area contributed by atoms with Gasteiger partial charge in [-0.05, 0) is 25.7 Å². The van der Waals surface area contributed by atoms with Crippen LogP contribution in [-0.2, 0) is 17.6 Å². The zero-order valence-electron chi connectivity index (χ0n) is 10.8. The first-order valence-corrected chi connectivity index (χ1v) is 6.76. The minimum Gasteiger partial charge on any atom is -0.378 e. The summed E-state index contributed by atoms with van der Waals surface area (Å²) in [5.41, 5.74) is 7.88. The van der Waals surface area contributed by atoms with Gasteiger partial charge in [0.15, 0.2) is 0 Å². The highest BCUT2D eigenvalue weighted by Gasteiger charge is 2.13. The molecule has 0 saturated carbocycles. The predicted molar refractivity (Wildman–Crippen MR) is 71.7 cm³/mol. The number of hydrogen-bond donors (Lipinski definition) is 2. The van der Waals surface area contributed by atoms with E-state index in [4.69, 9.17) is 10.5 Å². The first-order chi connectivity index (χ1) is 8.92. The Morgan fingerprint density at radius 1 is 1.17 bits per heavy atom. The maximum atomic E-state index is 5.36. The molecule has 1 aliphatic carbocycles. The molecule has 100 valence electrons. The maximum absolute atomic E-state index is 5.36. The second-order valence-corrected chi connectivity index (χ2v) is 4.54. The summed E-state index contributed by atoms with van der Waals surface area (Å²) >= 11 is 0. The average molecular weight is 250 g/mol. The molecular formula is C13H22N4O. The van der Waals surface area contributed by atoms with E-state index in [1.165, 1.54) is 30.5 Å². The Morgan fingerprint density at radius 2 is 2.06 bits per heavy atom. The van der Waals surface area contributed by atoms with Gasteiger partial charge in [0, 0.05) is 24.3 Å². The highest BCUT2D eigenvalue weighted by atomic mass is 16.5. The predicted octanol–water partition coefficient (Wildman–Crippen LogP) is 1.13. The normalized spacial score (nSPS) is 14.9. The smallest absolute Gasteiger partial charge is 0.132 e. The molecule has 0 aliphatic heterocycles. The van der Waals surface area contributed by atoms with Gasteiger partial charge in [-0.1, -0.05) is 6.42 Å². The summed E-state index contributed by atoms with van der Waals surface area (Å²) in [7, 11) is 0.